The molecule has 2 aromatic carbocycles. The highest BCUT2D eigenvalue weighted by molar-refractivity contribution is 5.97. The summed E-state index contributed by atoms with van der Waals surface area (Å²) < 4.78 is 0. The molecule has 2 aromatic heterocycles. The van der Waals surface area contributed by atoms with Gasteiger partial charge in [0, 0.05) is 67.6 Å². The fraction of sp³-hybridized carbons (Fsp3) is 0.381. The Hall–Kier alpha value is -7.82. The number of imidazole rings is 1. The third-order valence-corrected chi connectivity index (χ3v) is 10.2. The average molecular weight is 901 g/mol. The van der Waals surface area contributed by atoms with Crippen molar-refractivity contribution in [2.45, 2.75) is 94.0 Å². The van der Waals surface area contributed by atoms with Gasteiger partial charge in [-0.25, -0.2) is 9.78 Å². The van der Waals surface area contributed by atoms with Crippen LogP contribution in [-0.4, -0.2) is 116 Å². The molecular weight excluding hydrogens is 845 g/mol. The van der Waals surface area contributed by atoms with Crippen molar-refractivity contribution >= 4 is 64.2 Å². The van der Waals surface area contributed by atoms with Gasteiger partial charge in [-0.05, 0) is 42.9 Å². The third-order valence-electron chi connectivity index (χ3n) is 10.2. The van der Waals surface area contributed by atoms with Gasteiger partial charge < -0.3 is 70.3 Å². The van der Waals surface area contributed by atoms with Gasteiger partial charge in [-0.15, -0.1) is 0 Å². The number of nitrogens with two attached hydrogens (primary N) is 5. The number of H-pyrrole nitrogens is 2. The summed E-state index contributed by atoms with van der Waals surface area (Å²) in [5, 5.41) is 23.4. The number of fused-ring (bicyclic) bond motifs is 1. The maximum atomic E-state index is 14.5. The maximum absolute atomic E-state index is 14.5. The number of benzene rings is 2. The second-order valence-corrected chi connectivity index (χ2v) is 15.2. The molecule has 0 saturated carbocycles. The maximum Gasteiger partial charge on any atom is 0.326 e. The van der Waals surface area contributed by atoms with E-state index in [1.54, 1.807) is 60.8 Å². The van der Waals surface area contributed by atoms with Crippen molar-refractivity contribution in [1.82, 2.24) is 41.5 Å². The van der Waals surface area contributed by atoms with E-state index < -0.39 is 90.0 Å². The Morgan fingerprint density at radius 3 is 1.77 bits per heavy atom. The number of amides is 7. The van der Waals surface area contributed by atoms with Crippen molar-refractivity contribution in [2.75, 3.05) is 6.54 Å². The number of carboxylic acid groups (broad SMARTS) is 1. The number of aromatic nitrogens is 3. The third kappa shape index (κ3) is 16.4. The molecule has 23 nitrogen and oxygen atoms in total. The van der Waals surface area contributed by atoms with Gasteiger partial charge in [0.15, 0.2) is 5.96 Å². The number of aliphatic imine (C=N–C) groups is 1. The van der Waals surface area contributed by atoms with Crippen molar-refractivity contribution in [3.05, 3.63) is 90.1 Å². The number of hydrogen-bond donors (Lipinski definition) is 13. The van der Waals surface area contributed by atoms with Crippen LogP contribution in [0.15, 0.2) is 78.3 Å². The molecule has 0 aliphatic carbocycles. The predicted octanol–water partition coefficient (Wildman–Crippen LogP) is -2.66. The molecule has 0 aliphatic heterocycles. The number of carboxylic acids is 1. The molecule has 348 valence electrons. The summed E-state index contributed by atoms with van der Waals surface area (Å²) in [5.41, 5.74) is 29.9. The highest BCUT2D eigenvalue weighted by Gasteiger charge is 2.34. The fourth-order valence-corrected chi connectivity index (χ4v) is 6.73. The predicted molar refractivity (Wildman–Crippen MR) is 236 cm³/mol. The van der Waals surface area contributed by atoms with E-state index in [4.69, 9.17) is 28.7 Å². The van der Waals surface area contributed by atoms with Crippen molar-refractivity contribution in [1.29, 1.82) is 0 Å². The fourth-order valence-electron chi connectivity index (χ4n) is 6.73. The number of carbonyl (C=O) groups excluding carboxylic acids is 7. The molecule has 18 N–H and O–H groups in total. The number of hydrogen-bond acceptors (Lipinski definition) is 11. The zero-order chi connectivity index (χ0) is 47.5. The lowest BCUT2D eigenvalue weighted by atomic mass is 10.0. The Bertz CT molecular complexity index is 2300. The van der Waals surface area contributed by atoms with Crippen LogP contribution >= 0.6 is 0 Å². The summed E-state index contributed by atoms with van der Waals surface area (Å²) in [4.78, 5) is 119. The summed E-state index contributed by atoms with van der Waals surface area (Å²) >= 11 is 0. The minimum atomic E-state index is -1.58. The number of aromatic amines is 2. The molecular formula is C42H56N14O9. The first-order chi connectivity index (χ1) is 31.0. The van der Waals surface area contributed by atoms with E-state index in [0.717, 1.165) is 5.52 Å². The molecule has 0 spiro atoms. The molecule has 4 aromatic rings. The smallest absolute Gasteiger partial charge is 0.326 e. The Balaban J connectivity index is 1.65. The van der Waals surface area contributed by atoms with Crippen LogP contribution in [0.3, 0.4) is 0 Å². The van der Waals surface area contributed by atoms with E-state index in [0.29, 0.717) is 28.6 Å². The molecule has 0 aliphatic rings. The number of para-hydroxylation sites is 1. The van der Waals surface area contributed by atoms with Gasteiger partial charge in [-0.3, -0.25) is 38.6 Å². The van der Waals surface area contributed by atoms with Crippen molar-refractivity contribution in [3.8, 4) is 0 Å². The summed E-state index contributed by atoms with van der Waals surface area (Å²) in [5.74, 6) is -7.43. The number of nitrogens with zero attached hydrogens (tertiary/aromatic N) is 2. The summed E-state index contributed by atoms with van der Waals surface area (Å²) in [6, 6.07) is 7.57. The van der Waals surface area contributed by atoms with Crippen LogP contribution in [-0.2, 0) is 57.6 Å². The molecule has 0 bridgehead atoms. The summed E-state index contributed by atoms with van der Waals surface area (Å²) in [6.07, 6.45) is 3.22. The first-order valence-corrected chi connectivity index (χ1v) is 20.7. The molecule has 0 radical (unpaired) electrons. The lowest BCUT2D eigenvalue weighted by molar-refractivity contribution is -0.142. The molecule has 0 unspecified atom stereocenters. The highest BCUT2D eigenvalue weighted by Crippen LogP contribution is 2.20. The highest BCUT2D eigenvalue weighted by atomic mass is 16.4. The largest absolute Gasteiger partial charge is 0.480 e. The second-order valence-electron chi connectivity index (χ2n) is 15.2. The van der Waals surface area contributed by atoms with Gasteiger partial charge in [0.05, 0.1) is 12.4 Å². The van der Waals surface area contributed by atoms with Gasteiger partial charge in [-0.1, -0.05) is 48.5 Å². The number of primary amides is 2. The monoisotopic (exact) mass is 900 g/mol. The van der Waals surface area contributed by atoms with Crippen molar-refractivity contribution < 1.29 is 43.5 Å². The van der Waals surface area contributed by atoms with Crippen molar-refractivity contribution in [2.24, 2.45) is 33.7 Å². The van der Waals surface area contributed by atoms with Crippen LogP contribution in [0, 0.1) is 0 Å². The number of guanidine groups is 1. The summed E-state index contributed by atoms with van der Waals surface area (Å²) in [7, 11) is 0. The quantitative estimate of drug-likeness (QED) is 0.0165. The van der Waals surface area contributed by atoms with E-state index in [1.807, 2.05) is 0 Å². The normalized spacial score (nSPS) is 13.7. The SMILES string of the molecule is NC(=O)CC[C@H](NC(=O)[C@H](CCC(N)=O)NC(=O)[C@H](Cc1c[nH]c2ccccc12)NC(=O)[C@H](Cc1ccccc1)NC(=O)[C@H](Cc1cnc[nH]1)NC(=O)[C@@H](N)CCCN=C(N)N)C(=O)O. The molecule has 4 rings (SSSR count). The first-order valence-electron chi connectivity index (χ1n) is 20.7. The zero-order valence-corrected chi connectivity index (χ0v) is 35.5. The van der Waals surface area contributed by atoms with Gasteiger partial charge >= 0.3 is 5.97 Å². The molecule has 65 heavy (non-hydrogen) atoms. The Labute approximate surface area is 372 Å². The van der Waals surface area contributed by atoms with E-state index in [9.17, 15) is 43.5 Å². The van der Waals surface area contributed by atoms with E-state index in [1.165, 1.54) is 12.5 Å². The number of carbonyl (C=O) groups is 8. The molecule has 23 heteroatoms. The van der Waals surface area contributed by atoms with Crippen LogP contribution in [0.25, 0.3) is 10.9 Å². The first kappa shape index (κ1) is 49.8. The average Bonchev–Trinajstić information content (AvgIpc) is 3.94. The Morgan fingerprint density at radius 1 is 0.631 bits per heavy atom. The number of aliphatic carboxylic acids is 1. The van der Waals surface area contributed by atoms with Crippen LogP contribution in [0.5, 0.6) is 0 Å². The van der Waals surface area contributed by atoms with Gasteiger partial charge in [0.25, 0.3) is 0 Å². The van der Waals surface area contributed by atoms with E-state index >= 15 is 0 Å². The lowest BCUT2D eigenvalue weighted by Crippen LogP contribution is -2.60. The van der Waals surface area contributed by atoms with Crippen LogP contribution in [0.2, 0.25) is 0 Å². The Kier molecular flexibility index (Phi) is 19.0. The zero-order valence-electron chi connectivity index (χ0n) is 35.5. The second kappa shape index (κ2) is 24.7. The molecule has 0 fully saturated rings. The van der Waals surface area contributed by atoms with E-state index in [-0.39, 0.29) is 57.5 Å². The molecule has 0 saturated heterocycles. The van der Waals surface area contributed by atoms with Gasteiger partial charge in [0.2, 0.25) is 41.4 Å². The molecule has 6 atom stereocenters. The topological polar surface area (TPSA) is 404 Å². The van der Waals surface area contributed by atoms with Crippen LogP contribution in [0.4, 0.5) is 0 Å². The minimum Gasteiger partial charge on any atom is -0.480 e. The summed E-state index contributed by atoms with van der Waals surface area (Å²) in [6.45, 7) is 0.224. The molecule has 7 amide bonds. The van der Waals surface area contributed by atoms with E-state index in [2.05, 4.69) is 46.5 Å². The lowest BCUT2D eigenvalue weighted by Gasteiger charge is -2.27. The van der Waals surface area contributed by atoms with Crippen molar-refractivity contribution in [3.63, 3.8) is 0 Å². The molecule has 2 heterocycles. The van der Waals surface area contributed by atoms with Crippen LogP contribution in [0.1, 0.15) is 55.3 Å². The number of nitrogens with one attached hydrogen (secondary N) is 7. The van der Waals surface area contributed by atoms with Crippen LogP contribution < -0.4 is 55.3 Å². The van der Waals surface area contributed by atoms with Gasteiger partial charge in [0.1, 0.15) is 30.2 Å². The number of rotatable bonds is 27. The van der Waals surface area contributed by atoms with Gasteiger partial charge in [-0.2, -0.15) is 0 Å². The Morgan fingerprint density at radius 2 is 1.17 bits per heavy atom. The standard InChI is InChI=1S/C42H56N14O9/c43-27(10-6-16-49-42(46)47)36(59)54-33(19-25-21-48-22-51-25)40(63)55-31(17-23-7-2-1-3-8-23)38(61)56-32(18-24-20-50-28-11-5-4-9-26(24)28)39(62)52-29(12-14-34(44)57)37(60)53-30(41(64)65)13-15-35(45)58/h1-5,7-9,11,20-22,27,29-33,50H,6,10,12-19,43H2,(H2,44,57)(H2,45,58)(H,48,51)(H,52,62)(H,53,60)(H,54,59)(H,55,63)(H,56,61)(H,64,65)(H4,46,47,49)/t27-,29-,30-,31-,32-,33-/m0/s1. The minimum absolute atomic E-state index is 0.0798.